The summed E-state index contributed by atoms with van der Waals surface area (Å²) in [5.74, 6) is -1.77. The average molecular weight is 378 g/mol. The van der Waals surface area contributed by atoms with Crippen LogP contribution in [0.2, 0.25) is 5.02 Å². The van der Waals surface area contributed by atoms with E-state index >= 15 is 0 Å². The molecule has 128 valence electrons. The van der Waals surface area contributed by atoms with Crippen LogP contribution >= 0.6 is 22.9 Å². The van der Waals surface area contributed by atoms with Crippen LogP contribution in [-0.2, 0) is 11.3 Å². The van der Waals surface area contributed by atoms with E-state index in [9.17, 15) is 14.0 Å². The Labute approximate surface area is 151 Å². The highest BCUT2D eigenvalue weighted by Crippen LogP contribution is 2.29. The van der Waals surface area contributed by atoms with Crippen molar-refractivity contribution in [3.8, 4) is 0 Å². The Balaban J connectivity index is 1.71. The van der Waals surface area contributed by atoms with Gasteiger partial charge >= 0.3 is 5.97 Å². The molecule has 3 rings (SSSR count). The second-order valence-corrected chi connectivity index (χ2v) is 6.94. The maximum atomic E-state index is 14.4. The van der Waals surface area contributed by atoms with Crippen molar-refractivity contribution in [1.82, 2.24) is 5.32 Å². The molecule has 2 aromatic carbocycles. The first-order valence-corrected chi connectivity index (χ1v) is 8.56. The lowest BCUT2D eigenvalue weighted by Gasteiger charge is -2.10. The van der Waals surface area contributed by atoms with Gasteiger partial charge in [-0.3, -0.25) is 4.79 Å². The van der Waals surface area contributed by atoms with E-state index in [1.165, 1.54) is 18.2 Å². The molecule has 0 bridgehead atoms. The van der Waals surface area contributed by atoms with Crippen LogP contribution in [-0.4, -0.2) is 17.0 Å². The lowest BCUT2D eigenvalue weighted by molar-refractivity contribution is -0.126. The van der Waals surface area contributed by atoms with E-state index in [4.69, 9.17) is 16.7 Å². The maximum Gasteiger partial charge on any atom is 0.345 e. The van der Waals surface area contributed by atoms with Crippen molar-refractivity contribution < 1.29 is 19.1 Å². The van der Waals surface area contributed by atoms with E-state index in [-0.39, 0.29) is 17.0 Å². The first-order chi connectivity index (χ1) is 11.9. The molecule has 0 aliphatic heterocycles. The second-order valence-electron chi connectivity index (χ2n) is 5.42. The molecular formula is C18H13ClFNO3S. The molecule has 1 amide bonds. The molecule has 7 heteroatoms. The Bertz CT molecular complexity index is 939. The van der Waals surface area contributed by atoms with Crippen molar-refractivity contribution in [2.45, 2.75) is 12.7 Å². The Hall–Kier alpha value is -2.44. The van der Waals surface area contributed by atoms with Crippen LogP contribution in [0.4, 0.5) is 4.39 Å². The summed E-state index contributed by atoms with van der Waals surface area (Å²) in [6.07, 6.45) is -1.83. The van der Waals surface area contributed by atoms with Gasteiger partial charge in [-0.1, -0.05) is 35.9 Å². The third-order valence-electron chi connectivity index (χ3n) is 3.66. The largest absolute Gasteiger partial charge is 0.477 e. The SMILES string of the molecule is O=C(O)c1cc2ccc(C(F)C(=O)NCc3ccc(Cl)cc3)cc2s1. The smallest absolute Gasteiger partial charge is 0.345 e. The molecular weight excluding hydrogens is 365 g/mol. The monoisotopic (exact) mass is 377 g/mol. The first kappa shape index (κ1) is 17.4. The number of carboxylic acids is 1. The highest BCUT2D eigenvalue weighted by molar-refractivity contribution is 7.20. The fourth-order valence-corrected chi connectivity index (χ4v) is 3.42. The lowest BCUT2D eigenvalue weighted by atomic mass is 10.1. The number of hydrogen-bond donors (Lipinski definition) is 2. The molecule has 1 unspecified atom stereocenters. The van der Waals surface area contributed by atoms with Gasteiger partial charge < -0.3 is 10.4 Å². The van der Waals surface area contributed by atoms with Crippen molar-refractivity contribution in [1.29, 1.82) is 0 Å². The van der Waals surface area contributed by atoms with E-state index in [1.54, 1.807) is 30.3 Å². The third-order valence-corrected chi connectivity index (χ3v) is 5.00. The normalized spacial score (nSPS) is 12.1. The number of thiophene rings is 1. The summed E-state index contributed by atoms with van der Waals surface area (Å²) >= 11 is 6.84. The van der Waals surface area contributed by atoms with Gasteiger partial charge in [0.25, 0.3) is 5.91 Å². The molecule has 0 radical (unpaired) electrons. The second kappa shape index (κ2) is 7.21. The number of benzene rings is 2. The van der Waals surface area contributed by atoms with E-state index in [2.05, 4.69) is 5.32 Å². The quantitative estimate of drug-likeness (QED) is 0.684. The summed E-state index contributed by atoms with van der Waals surface area (Å²) in [5, 5.41) is 12.8. The van der Waals surface area contributed by atoms with Gasteiger partial charge in [-0.2, -0.15) is 0 Å². The van der Waals surface area contributed by atoms with E-state index in [0.717, 1.165) is 16.9 Å². The minimum atomic E-state index is -1.83. The maximum absolute atomic E-state index is 14.4. The zero-order chi connectivity index (χ0) is 18.0. The number of halogens is 2. The predicted molar refractivity (Wildman–Crippen MR) is 95.9 cm³/mol. The number of rotatable bonds is 5. The van der Waals surface area contributed by atoms with Crippen LogP contribution < -0.4 is 5.32 Å². The highest BCUT2D eigenvalue weighted by atomic mass is 35.5. The molecule has 1 aromatic heterocycles. The van der Waals surface area contributed by atoms with Crippen molar-refractivity contribution >= 4 is 44.9 Å². The number of carbonyl (C=O) groups is 2. The van der Waals surface area contributed by atoms with Crippen LogP contribution in [0.25, 0.3) is 10.1 Å². The Kier molecular flexibility index (Phi) is 5.01. The van der Waals surface area contributed by atoms with E-state index in [1.807, 2.05) is 0 Å². The van der Waals surface area contributed by atoms with Gasteiger partial charge in [0.2, 0.25) is 6.17 Å². The summed E-state index contributed by atoms with van der Waals surface area (Å²) in [7, 11) is 0. The third kappa shape index (κ3) is 3.97. The number of hydrogen-bond acceptors (Lipinski definition) is 3. The van der Waals surface area contributed by atoms with Crippen molar-refractivity contribution in [2.75, 3.05) is 0 Å². The van der Waals surface area contributed by atoms with Gasteiger partial charge in [0.15, 0.2) is 0 Å². The van der Waals surface area contributed by atoms with Gasteiger partial charge in [0.1, 0.15) is 4.88 Å². The number of amides is 1. The number of aromatic carboxylic acids is 1. The zero-order valence-corrected chi connectivity index (χ0v) is 14.4. The van der Waals surface area contributed by atoms with Crippen molar-refractivity contribution in [2.24, 2.45) is 0 Å². The lowest BCUT2D eigenvalue weighted by Crippen LogP contribution is -2.26. The predicted octanol–water partition coefficient (Wildman–Crippen LogP) is 4.58. The number of carboxylic acid groups (broad SMARTS) is 1. The molecule has 3 aromatic rings. The zero-order valence-electron chi connectivity index (χ0n) is 12.8. The molecule has 0 spiro atoms. The number of carbonyl (C=O) groups excluding carboxylic acids is 1. The summed E-state index contributed by atoms with van der Waals surface area (Å²) in [4.78, 5) is 23.2. The Morgan fingerprint density at radius 3 is 2.56 bits per heavy atom. The topological polar surface area (TPSA) is 66.4 Å². The summed E-state index contributed by atoms with van der Waals surface area (Å²) in [6, 6.07) is 13.0. The average Bonchev–Trinajstić information content (AvgIpc) is 3.04. The van der Waals surface area contributed by atoms with Crippen LogP contribution in [0.5, 0.6) is 0 Å². The minimum Gasteiger partial charge on any atom is -0.477 e. The molecule has 25 heavy (non-hydrogen) atoms. The van der Waals surface area contributed by atoms with Gasteiger partial charge in [0.05, 0.1) is 0 Å². The number of nitrogens with one attached hydrogen (secondary N) is 1. The van der Waals surface area contributed by atoms with Crippen LogP contribution in [0.15, 0.2) is 48.5 Å². The summed E-state index contributed by atoms with van der Waals surface area (Å²) in [5.41, 5.74) is 1.00. The van der Waals surface area contributed by atoms with Gasteiger partial charge in [-0.05, 0) is 40.8 Å². The highest BCUT2D eigenvalue weighted by Gasteiger charge is 2.20. The van der Waals surface area contributed by atoms with Crippen molar-refractivity contribution in [3.63, 3.8) is 0 Å². The molecule has 2 N–H and O–H groups in total. The fraction of sp³-hybridized carbons (Fsp3) is 0.111. The molecule has 0 aliphatic carbocycles. The Morgan fingerprint density at radius 1 is 1.16 bits per heavy atom. The molecule has 0 saturated heterocycles. The summed E-state index contributed by atoms with van der Waals surface area (Å²) in [6.45, 7) is 0.195. The fourth-order valence-electron chi connectivity index (χ4n) is 2.34. The number of fused-ring (bicyclic) bond motifs is 1. The van der Waals surface area contributed by atoms with Crippen LogP contribution in [0.3, 0.4) is 0 Å². The van der Waals surface area contributed by atoms with E-state index < -0.39 is 18.0 Å². The molecule has 1 heterocycles. The van der Waals surface area contributed by atoms with Gasteiger partial charge in [0, 0.05) is 16.3 Å². The van der Waals surface area contributed by atoms with Crippen LogP contribution in [0.1, 0.15) is 27.0 Å². The van der Waals surface area contributed by atoms with E-state index in [0.29, 0.717) is 15.1 Å². The molecule has 0 aliphatic rings. The minimum absolute atomic E-state index is 0.176. The number of alkyl halides is 1. The van der Waals surface area contributed by atoms with Crippen molar-refractivity contribution in [3.05, 3.63) is 69.6 Å². The van der Waals surface area contributed by atoms with Gasteiger partial charge in [-0.25, -0.2) is 9.18 Å². The molecule has 4 nitrogen and oxygen atoms in total. The molecule has 0 fully saturated rings. The summed E-state index contributed by atoms with van der Waals surface area (Å²) < 4.78 is 15.1. The standard InChI is InChI=1S/C18H13ClFNO3S/c19-13-5-1-10(2-6-13)9-21-17(22)16(20)12-4-3-11-7-15(18(23)24)25-14(11)8-12/h1-8,16H,9H2,(H,21,22)(H,23,24). The first-order valence-electron chi connectivity index (χ1n) is 7.37. The molecule has 1 atom stereocenters. The van der Waals surface area contributed by atoms with Crippen LogP contribution in [0, 0.1) is 0 Å². The Morgan fingerprint density at radius 2 is 1.88 bits per heavy atom. The van der Waals surface area contributed by atoms with Gasteiger partial charge in [-0.15, -0.1) is 11.3 Å². The molecule has 0 saturated carbocycles.